The molecule has 0 aromatic heterocycles. The Morgan fingerprint density at radius 1 is 1.27 bits per heavy atom. The summed E-state index contributed by atoms with van der Waals surface area (Å²) in [7, 11) is 0. The molecule has 1 aromatic rings. The average Bonchev–Trinajstić information content (AvgIpc) is 2.20. The van der Waals surface area contributed by atoms with Crippen LogP contribution in [0.25, 0.3) is 0 Å². The summed E-state index contributed by atoms with van der Waals surface area (Å²) in [4.78, 5) is 11.5. The summed E-state index contributed by atoms with van der Waals surface area (Å²) in [6.45, 7) is 3.48. The number of unbranched alkanes of at least 4 members (excludes halogenated alkanes) is 1. The van der Waals surface area contributed by atoms with Gasteiger partial charge in [0.2, 0.25) is 0 Å². The first-order chi connectivity index (χ1) is 7.06. The molecule has 0 atom stereocenters. The first-order valence-corrected chi connectivity index (χ1v) is 5.05. The Bertz CT molecular complexity index is 372. The van der Waals surface area contributed by atoms with E-state index in [2.05, 4.69) is 0 Å². The van der Waals surface area contributed by atoms with Crippen LogP contribution >= 0.6 is 0 Å². The predicted octanol–water partition coefficient (Wildman–Crippen LogP) is 3.65. The molecular weight excluding hydrogens is 198 g/mol. The highest BCUT2D eigenvalue weighted by Gasteiger charge is 2.13. The molecule has 0 N–H and O–H groups in total. The summed E-state index contributed by atoms with van der Waals surface area (Å²) in [5, 5.41) is 0. The van der Waals surface area contributed by atoms with Crippen molar-refractivity contribution in [3.8, 4) is 0 Å². The summed E-state index contributed by atoms with van der Waals surface area (Å²) >= 11 is 0. The van der Waals surface area contributed by atoms with Crippen molar-refractivity contribution in [3.05, 3.63) is 34.9 Å². The molecule has 0 aliphatic carbocycles. The summed E-state index contributed by atoms with van der Waals surface area (Å²) in [6.07, 6.45) is 1.93. The fourth-order valence-electron chi connectivity index (χ4n) is 1.34. The molecule has 15 heavy (non-hydrogen) atoms. The van der Waals surface area contributed by atoms with Crippen molar-refractivity contribution in [1.82, 2.24) is 0 Å². The number of aryl methyl sites for hydroxylation is 1. The number of hydrogen-bond donors (Lipinski definition) is 0. The van der Waals surface area contributed by atoms with Crippen LogP contribution in [0.1, 0.15) is 42.1 Å². The number of carbonyl (C=O) groups excluding carboxylic acids is 1. The van der Waals surface area contributed by atoms with Gasteiger partial charge in [-0.1, -0.05) is 13.3 Å². The van der Waals surface area contributed by atoms with Crippen molar-refractivity contribution in [2.45, 2.75) is 33.1 Å². The highest BCUT2D eigenvalue weighted by Crippen LogP contribution is 2.16. The zero-order valence-electron chi connectivity index (χ0n) is 8.94. The van der Waals surface area contributed by atoms with Gasteiger partial charge in [-0.15, -0.1) is 0 Å². The molecular formula is C12H14F2O. The van der Waals surface area contributed by atoms with Crippen LogP contribution in [0.2, 0.25) is 0 Å². The Hall–Kier alpha value is -1.25. The van der Waals surface area contributed by atoms with E-state index in [1.165, 1.54) is 13.0 Å². The van der Waals surface area contributed by atoms with E-state index in [0.717, 1.165) is 18.9 Å². The van der Waals surface area contributed by atoms with Gasteiger partial charge in [-0.3, -0.25) is 4.79 Å². The molecule has 0 saturated carbocycles. The highest BCUT2D eigenvalue weighted by molar-refractivity contribution is 5.96. The van der Waals surface area contributed by atoms with Crippen LogP contribution in [0.15, 0.2) is 12.1 Å². The molecule has 0 aliphatic rings. The molecule has 0 spiro atoms. The minimum Gasteiger partial charge on any atom is -0.294 e. The van der Waals surface area contributed by atoms with Crippen molar-refractivity contribution < 1.29 is 13.6 Å². The quantitative estimate of drug-likeness (QED) is 0.696. The van der Waals surface area contributed by atoms with E-state index in [4.69, 9.17) is 0 Å². The molecule has 1 nitrogen and oxygen atoms in total. The fourth-order valence-corrected chi connectivity index (χ4v) is 1.34. The molecule has 1 rings (SSSR count). The summed E-state index contributed by atoms with van der Waals surface area (Å²) in [5.41, 5.74) is 0.304. The first kappa shape index (κ1) is 11.8. The highest BCUT2D eigenvalue weighted by atomic mass is 19.1. The third kappa shape index (κ3) is 2.85. The zero-order chi connectivity index (χ0) is 11.4. The van der Waals surface area contributed by atoms with Crippen LogP contribution in [0.3, 0.4) is 0 Å². The monoisotopic (exact) mass is 212 g/mol. The third-order valence-corrected chi connectivity index (χ3v) is 2.31. The van der Waals surface area contributed by atoms with E-state index in [0.29, 0.717) is 12.0 Å². The topological polar surface area (TPSA) is 17.1 Å². The van der Waals surface area contributed by atoms with Gasteiger partial charge >= 0.3 is 0 Å². The van der Waals surface area contributed by atoms with Gasteiger partial charge in [0.1, 0.15) is 11.6 Å². The predicted molar refractivity (Wildman–Crippen MR) is 55.0 cm³/mol. The van der Waals surface area contributed by atoms with Gasteiger partial charge in [0, 0.05) is 12.5 Å². The minimum atomic E-state index is -0.765. The van der Waals surface area contributed by atoms with E-state index in [1.54, 1.807) is 0 Å². The van der Waals surface area contributed by atoms with Gasteiger partial charge in [-0.25, -0.2) is 8.78 Å². The van der Waals surface area contributed by atoms with Crippen molar-refractivity contribution in [2.24, 2.45) is 0 Å². The second kappa shape index (κ2) is 5.01. The minimum absolute atomic E-state index is 0.00218. The number of benzene rings is 1. The Morgan fingerprint density at radius 2 is 1.93 bits per heavy atom. The van der Waals surface area contributed by atoms with E-state index in [-0.39, 0.29) is 11.3 Å². The lowest BCUT2D eigenvalue weighted by molar-refractivity contribution is 0.0975. The second-order valence-electron chi connectivity index (χ2n) is 3.61. The molecule has 82 valence electrons. The van der Waals surface area contributed by atoms with Crippen LogP contribution in [0.4, 0.5) is 8.78 Å². The molecule has 0 unspecified atom stereocenters. The second-order valence-corrected chi connectivity index (χ2v) is 3.61. The normalized spacial score (nSPS) is 10.4. The van der Waals surface area contributed by atoms with Crippen molar-refractivity contribution >= 4 is 5.78 Å². The lowest BCUT2D eigenvalue weighted by Crippen LogP contribution is -2.04. The van der Waals surface area contributed by atoms with Gasteiger partial charge < -0.3 is 0 Å². The van der Waals surface area contributed by atoms with E-state index >= 15 is 0 Å². The van der Waals surface area contributed by atoms with E-state index in [1.807, 2.05) is 6.92 Å². The van der Waals surface area contributed by atoms with Crippen LogP contribution in [0, 0.1) is 18.6 Å². The Labute approximate surface area is 88.1 Å². The Morgan fingerprint density at radius 3 is 2.53 bits per heavy atom. The van der Waals surface area contributed by atoms with Crippen LogP contribution in [-0.2, 0) is 0 Å². The molecule has 0 heterocycles. The van der Waals surface area contributed by atoms with Crippen LogP contribution in [-0.4, -0.2) is 5.78 Å². The smallest absolute Gasteiger partial charge is 0.165 e. The molecule has 3 heteroatoms. The lowest BCUT2D eigenvalue weighted by Gasteiger charge is -2.04. The molecule has 0 fully saturated rings. The molecule has 0 radical (unpaired) electrons. The standard InChI is InChI=1S/C12H14F2O/c1-3-4-5-12(15)9-6-8(2)10(13)7-11(9)14/h6-7H,3-5H2,1-2H3. The lowest BCUT2D eigenvalue weighted by atomic mass is 10.0. The van der Waals surface area contributed by atoms with E-state index < -0.39 is 11.6 Å². The number of Topliss-reactive ketones (excluding diaryl/α,β-unsaturated/α-hetero) is 1. The SMILES string of the molecule is CCCCC(=O)c1cc(C)c(F)cc1F. The molecule has 1 aromatic carbocycles. The maximum Gasteiger partial charge on any atom is 0.165 e. The Kier molecular flexibility index (Phi) is 3.95. The maximum atomic E-state index is 13.2. The largest absolute Gasteiger partial charge is 0.294 e. The fraction of sp³-hybridized carbons (Fsp3) is 0.417. The number of halogens is 2. The van der Waals surface area contributed by atoms with Gasteiger partial charge in [0.15, 0.2) is 5.78 Å². The molecule has 0 saturated heterocycles. The van der Waals surface area contributed by atoms with Crippen molar-refractivity contribution in [1.29, 1.82) is 0 Å². The summed E-state index contributed by atoms with van der Waals surface area (Å²) in [5.74, 6) is -1.63. The molecule has 0 bridgehead atoms. The van der Waals surface area contributed by atoms with Crippen LogP contribution in [0.5, 0.6) is 0 Å². The number of rotatable bonds is 4. The van der Waals surface area contributed by atoms with Gasteiger partial charge in [0.05, 0.1) is 5.56 Å². The van der Waals surface area contributed by atoms with E-state index in [9.17, 15) is 13.6 Å². The maximum absolute atomic E-state index is 13.2. The van der Waals surface area contributed by atoms with Gasteiger partial charge in [0.25, 0.3) is 0 Å². The first-order valence-electron chi connectivity index (χ1n) is 5.05. The number of ketones is 1. The average molecular weight is 212 g/mol. The zero-order valence-corrected chi connectivity index (χ0v) is 8.94. The van der Waals surface area contributed by atoms with Crippen molar-refractivity contribution in [2.75, 3.05) is 0 Å². The molecule has 0 aliphatic heterocycles. The molecule has 0 amide bonds. The van der Waals surface area contributed by atoms with Gasteiger partial charge in [-0.05, 0) is 25.0 Å². The van der Waals surface area contributed by atoms with Crippen molar-refractivity contribution in [3.63, 3.8) is 0 Å². The summed E-state index contributed by atoms with van der Waals surface area (Å²) in [6, 6.07) is 2.05. The number of hydrogen-bond acceptors (Lipinski definition) is 1. The summed E-state index contributed by atoms with van der Waals surface area (Å²) < 4.78 is 26.2. The number of carbonyl (C=O) groups is 1. The van der Waals surface area contributed by atoms with Gasteiger partial charge in [-0.2, -0.15) is 0 Å². The third-order valence-electron chi connectivity index (χ3n) is 2.31. The van der Waals surface area contributed by atoms with Crippen LogP contribution < -0.4 is 0 Å². The Balaban J connectivity index is 2.94.